The van der Waals surface area contributed by atoms with Gasteiger partial charge in [-0.15, -0.1) is 0 Å². The summed E-state index contributed by atoms with van der Waals surface area (Å²) < 4.78 is 4.98. The number of rotatable bonds is 3. The molecule has 2 atom stereocenters. The van der Waals surface area contributed by atoms with Crippen LogP contribution in [0.2, 0.25) is 0 Å². The molecule has 0 amide bonds. The molecule has 1 saturated heterocycles. The van der Waals surface area contributed by atoms with Gasteiger partial charge < -0.3 is 10.1 Å². The third-order valence-corrected chi connectivity index (χ3v) is 1.90. The largest absolute Gasteiger partial charge is 0.383 e. The zero-order valence-electron chi connectivity index (χ0n) is 6.18. The van der Waals surface area contributed by atoms with Crippen LogP contribution >= 0.6 is 0 Å². The van der Waals surface area contributed by atoms with Crippen LogP contribution in [0.3, 0.4) is 0 Å². The first-order valence-electron chi connectivity index (χ1n) is 3.61. The molecule has 1 fully saturated rings. The topological polar surface area (TPSA) is 21.3 Å². The second-order valence-electron chi connectivity index (χ2n) is 2.66. The van der Waals surface area contributed by atoms with Gasteiger partial charge in [0.1, 0.15) is 0 Å². The van der Waals surface area contributed by atoms with E-state index in [-0.39, 0.29) is 0 Å². The molecular formula is C7H15NO. The molecule has 0 bridgehead atoms. The summed E-state index contributed by atoms with van der Waals surface area (Å²) in [4.78, 5) is 0. The van der Waals surface area contributed by atoms with E-state index in [1.165, 1.54) is 12.8 Å². The smallest absolute Gasteiger partial charge is 0.0616 e. The Morgan fingerprint density at radius 2 is 2.22 bits per heavy atom. The molecule has 1 N–H and O–H groups in total. The molecule has 1 heterocycles. The maximum atomic E-state index is 4.98. The molecule has 0 aromatic heterocycles. The summed E-state index contributed by atoms with van der Waals surface area (Å²) in [6.07, 6.45) is 2.55. The Morgan fingerprint density at radius 3 is 2.67 bits per heavy atom. The molecule has 54 valence electrons. The van der Waals surface area contributed by atoms with E-state index in [1.54, 1.807) is 7.11 Å². The van der Waals surface area contributed by atoms with Crippen molar-refractivity contribution in [3.05, 3.63) is 0 Å². The minimum absolute atomic E-state index is 0.639. The van der Waals surface area contributed by atoms with Crippen molar-refractivity contribution in [2.24, 2.45) is 0 Å². The summed E-state index contributed by atoms with van der Waals surface area (Å²) in [5.41, 5.74) is 0. The Labute approximate surface area is 56.6 Å². The first kappa shape index (κ1) is 7.03. The monoisotopic (exact) mass is 129 g/mol. The van der Waals surface area contributed by atoms with Crippen LogP contribution in [-0.2, 0) is 4.74 Å². The molecule has 1 aliphatic rings. The summed E-state index contributed by atoms with van der Waals surface area (Å²) in [5.74, 6) is 0. The number of hydrogen-bond donors (Lipinski definition) is 1. The van der Waals surface area contributed by atoms with Crippen molar-refractivity contribution in [3.8, 4) is 0 Å². The number of methoxy groups -OCH3 is 1. The van der Waals surface area contributed by atoms with Crippen molar-refractivity contribution in [2.45, 2.75) is 31.8 Å². The molecule has 1 aliphatic heterocycles. The number of hydrogen-bond acceptors (Lipinski definition) is 2. The second-order valence-corrected chi connectivity index (χ2v) is 2.66. The Balaban J connectivity index is 1.98. The third kappa shape index (κ3) is 1.66. The van der Waals surface area contributed by atoms with Crippen molar-refractivity contribution < 1.29 is 4.74 Å². The van der Waals surface area contributed by atoms with Gasteiger partial charge in [0.2, 0.25) is 0 Å². The lowest BCUT2D eigenvalue weighted by Crippen LogP contribution is -2.53. The molecule has 0 aromatic rings. The first-order chi connectivity index (χ1) is 4.36. The molecule has 1 rings (SSSR count). The highest BCUT2D eigenvalue weighted by molar-refractivity contribution is 4.86. The lowest BCUT2D eigenvalue weighted by Gasteiger charge is -2.36. The average molecular weight is 129 g/mol. The lowest BCUT2D eigenvalue weighted by atomic mass is 9.96. The number of nitrogens with one attached hydrogen (secondary N) is 1. The molecule has 0 spiro atoms. The lowest BCUT2D eigenvalue weighted by molar-refractivity contribution is 0.112. The van der Waals surface area contributed by atoms with E-state index in [4.69, 9.17) is 4.74 Å². The highest BCUT2D eigenvalue weighted by Crippen LogP contribution is 2.13. The Kier molecular flexibility index (Phi) is 2.49. The van der Waals surface area contributed by atoms with E-state index in [0.29, 0.717) is 6.04 Å². The van der Waals surface area contributed by atoms with Gasteiger partial charge in [-0.25, -0.2) is 0 Å². The molecule has 0 saturated carbocycles. The standard InChI is InChI=1S/C7H15NO/c1-3-6-4-7(8-6)5-9-2/h6-8H,3-5H2,1-2H3. The Morgan fingerprint density at radius 1 is 1.56 bits per heavy atom. The van der Waals surface area contributed by atoms with E-state index >= 15 is 0 Å². The zero-order valence-corrected chi connectivity index (χ0v) is 6.18. The van der Waals surface area contributed by atoms with Gasteiger partial charge in [-0.3, -0.25) is 0 Å². The van der Waals surface area contributed by atoms with Crippen LogP contribution < -0.4 is 5.32 Å². The van der Waals surface area contributed by atoms with Crippen LogP contribution in [0.4, 0.5) is 0 Å². The maximum absolute atomic E-state index is 4.98. The minimum Gasteiger partial charge on any atom is -0.383 e. The molecular weight excluding hydrogens is 114 g/mol. The molecule has 0 aromatic carbocycles. The fourth-order valence-electron chi connectivity index (χ4n) is 1.25. The van der Waals surface area contributed by atoms with E-state index in [0.717, 1.165) is 12.6 Å². The molecule has 9 heavy (non-hydrogen) atoms. The van der Waals surface area contributed by atoms with Crippen LogP contribution in [0, 0.1) is 0 Å². The van der Waals surface area contributed by atoms with Crippen LogP contribution in [0.5, 0.6) is 0 Å². The average Bonchev–Trinajstić information content (AvgIpc) is 1.77. The van der Waals surface area contributed by atoms with E-state index < -0.39 is 0 Å². The fraction of sp³-hybridized carbons (Fsp3) is 1.00. The first-order valence-corrected chi connectivity index (χ1v) is 3.61. The van der Waals surface area contributed by atoms with Crippen LogP contribution in [0.25, 0.3) is 0 Å². The second kappa shape index (κ2) is 3.18. The van der Waals surface area contributed by atoms with Crippen molar-refractivity contribution >= 4 is 0 Å². The van der Waals surface area contributed by atoms with Crippen molar-refractivity contribution in [3.63, 3.8) is 0 Å². The maximum Gasteiger partial charge on any atom is 0.0616 e. The van der Waals surface area contributed by atoms with Crippen molar-refractivity contribution in [2.75, 3.05) is 13.7 Å². The predicted octanol–water partition coefficient (Wildman–Crippen LogP) is 0.773. The normalized spacial score (nSPS) is 34.0. The number of ether oxygens (including phenoxy) is 1. The van der Waals surface area contributed by atoms with Gasteiger partial charge >= 0.3 is 0 Å². The van der Waals surface area contributed by atoms with Crippen LogP contribution in [-0.4, -0.2) is 25.8 Å². The Hall–Kier alpha value is -0.0800. The molecule has 0 radical (unpaired) electrons. The van der Waals surface area contributed by atoms with Gasteiger partial charge in [0.25, 0.3) is 0 Å². The molecule has 2 nitrogen and oxygen atoms in total. The summed E-state index contributed by atoms with van der Waals surface area (Å²) >= 11 is 0. The minimum atomic E-state index is 0.639. The van der Waals surface area contributed by atoms with Gasteiger partial charge in [0, 0.05) is 19.2 Å². The van der Waals surface area contributed by atoms with Gasteiger partial charge in [-0.2, -0.15) is 0 Å². The van der Waals surface area contributed by atoms with Gasteiger partial charge in [0.05, 0.1) is 6.61 Å². The molecule has 0 aliphatic carbocycles. The van der Waals surface area contributed by atoms with Crippen molar-refractivity contribution in [1.29, 1.82) is 0 Å². The Bertz CT molecular complexity index is 79.0. The summed E-state index contributed by atoms with van der Waals surface area (Å²) in [6.45, 7) is 3.08. The fourth-order valence-corrected chi connectivity index (χ4v) is 1.25. The van der Waals surface area contributed by atoms with E-state index in [9.17, 15) is 0 Å². The third-order valence-electron chi connectivity index (χ3n) is 1.90. The quantitative estimate of drug-likeness (QED) is 0.608. The zero-order chi connectivity index (χ0) is 6.69. The predicted molar refractivity (Wildman–Crippen MR) is 37.5 cm³/mol. The highest BCUT2D eigenvalue weighted by Gasteiger charge is 2.25. The van der Waals surface area contributed by atoms with E-state index in [2.05, 4.69) is 12.2 Å². The molecule has 2 unspecified atom stereocenters. The summed E-state index contributed by atoms with van der Waals surface area (Å²) in [6, 6.07) is 1.41. The summed E-state index contributed by atoms with van der Waals surface area (Å²) in [7, 11) is 1.75. The van der Waals surface area contributed by atoms with Crippen LogP contribution in [0.1, 0.15) is 19.8 Å². The summed E-state index contributed by atoms with van der Waals surface area (Å²) in [5, 5.41) is 3.41. The molecule has 2 heteroatoms. The SMILES string of the molecule is CCC1CC(COC)N1. The van der Waals surface area contributed by atoms with E-state index in [1.807, 2.05) is 0 Å². The van der Waals surface area contributed by atoms with Gasteiger partial charge in [-0.1, -0.05) is 6.92 Å². The van der Waals surface area contributed by atoms with Crippen LogP contribution in [0.15, 0.2) is 0 Å². The van der Waals surface area contributed by atoms with Gasteiger partial charge in [-0.05, 0) is 12.8 Å². The highest BCUT2D eigenvalue weighted by atomic mass is 16.5. The van der Waals surface area contributed by atoms with Gasteiger partial charge in [0.15, 0.2) is 0 Å². The van der Waals surface area contributed by atoms with Crippen molar-refractivity contribution in [1.82, 2.24) is 5.32 Å².